The smallest absolute Gasteiger partial charge is 0.399 e. The lowest BCUT2D eigenvalue weighted by molar-refractivity contribution is 0.00578. The predicted molar refractivity (Wildman–Crippen MR) is 119 cm³/mol. The van der Waals surface area contributed by atoms with E-state index in [1.807, 2.05) is 33.8 Å². The number of benzene rings is 2. The summed E-state index contributed by atoms with van der Waals surface area (Å²) in [6, 6.07) is 8.16. The van der Waals surface area contributed by atoms with E-state index in [-0.39, 0.29) is 10.8 Å². The van der Waals surface area contributed by atoms with Crippen LogP contribution < -0.4 is 15.7 Å². The molecule has 0 aromatic heterocycles. The molecule has 0 aliphatic carbocycles. The largest absolute Gasteiger partial charge is 0.496 e. The first-order chi connectivity index (χ1) is 14.6. The highest BCUT2D eigenvalue weighted by atomic mass is 35.5. The van der Waals surface area contributed by atoms with Gasteiger partial charge in [-0.05, 0) is 57.0 Å². The molecule has 2 fully saturated rings. The van der Waals surface area contributed by atoms with Crippen molar-refractivity contribution in [1.82, 2.24) is 5.32 Å². The number of nitrogens with zero attached hydrogens (tertiary/aromatic N) is 1. The molecular weight excluding hydrogens is 421 g/mol. The van der Waals surface area contributed by atoms with Crippen LogP contribution in [-0.2, 0) is 21.3 Å². The lowest BCUT2D eigenvalue weighted by atomic mass is 9.73. The molecule has 164 valence electrons. The number of hydrogen-bond donors (Lipinski definition) is 1. The standard InChI is InChI=1S/C23H26BClF2N2O2/c1-21(2)22(3,4)31-24(30-21)19-16-12-23(14-6-5-7-15(26)10-14)13-28-8-9-29(23)18(16)11-17(27)20(19)25/h5-7,10-11,28H,8-9,12-13H2,1-4H3. The second-order valence-electron chi connectivity index (χ2n) is 9.72. The Morgan fingerprint density at radius 3 is 2.48 bits per heavy atom. The third-order valence-electron chi connectivity index (χ3n) is 7.40. The van der Waals surface area contributed by atoms with Gasteiger partial charge in [0, 0.05) is 37.2 Å². The van der Waals surface area contributed by atoms with Gasteiger partial charge in [0.1, 0.15) is 11.6 Å². The Kier molecular flexibility index (Phi) is 4.73. The number of anilines is 1. The summed E-state index contributed by atoms with van der Waals surface area (Å²) in [5.41, 5.74) is 1.39. The quantitative estimate of drug-likeness (QED) is 0.712. The predicted octanol–water partition coefficient (Wildman–Crippen LogP) is 3.78. The molecule has 1 atom stereocenters. The molecule has 0 amide bonds. The molecule has 1 N–H and O–H groups in total. The summed E-state index contributed by atoms with van der Waals surface area (Å²) in [5.74, 6) is -0.789. The van der Waals surface area contributed by atoms with Gasteiger partial charge >= 0.3 is 7.12 Å². The van der Waals surface area contributed by atoms with E-state index in [0.717, 1.165) is 23.4 Å². The number of piperazine rings is 1. The van der Waals surface area contributed by atoms with Crippen LogP contribution in [0.15, 0.2) is 30.3 Å². The monoisotopic (exact) mass is 446 g/mol. The van der Waals surface area contributed by atoms with Crippen molar-refractivity contribution < 1.29 is 18.1 Å². The van der Waals surface area contributed by atoms with Crippen LogP contribution in [0.4, 0.5) is 14.5 Å². The van der Waals surface area contributed by atoms with Crippen molar-refractivity contribution in [3.63, 3.8) is 0 Å². The minimum Gasteiger partial charge on any atom is -0.399 e. The average Bonchev–Trinajstić information content (AvgIpc) is 3.13. The number of hydrogen-bond acceptors (Lipinski definition) is 4. The fourth-order valence-electron chi connectivity index (χ4n) is 5.04. The van der Waals surface area contributed by atoms with E-state index in [2.05, 4.69) is 10.2 Å². The fraction of sp³-hybridized carbons (Fsp3) is 0.478. The highest BCUT2D eigenvalue weighted by Gasteiger charge is 2.55. The SMILES string of the molecule is CC1(C)OB(c2c(Cl)c(F)cc3c2CC2(c4cccc(F)c4)CNCCN32)OC1(C)C. The molecule has 1 unspecified atom stereocenters. The zero-order valence-electron chi connectivity index (χ0n) is 18.2. The minimum atomic E-state index is -0.777. The van der Waals surface area contributed by atoms with Gasteiger partial charge in [0.05, 0.1) is 21.8 Å². The summed E-state index contributed by atoms with van der Waals surface area (Å²) in [5, 5.41) is 3.47. The van der Waals surface area contributed by atoms with Gasteiger partial charge in [0.15, 0.2) is 0 Å². The Bertz CT molecular complexity index is 1050. The molecule has 0 bridgehead atoms. The molecule has 0 radical (unpaired) electrons. The molecule has 2 aromatic carbocycles. The van der Waals surface area contributed by atoms with E-state index < -0.39 is 29.7 Å². The highest BCUT2D eigenvalue weighted by Crippen LogP contribution is 2.47. The molecule has 5 rings (SSSR count). The topological polar surface area (TPSA) is 33.7 Å². The van der Waals surface area contributed by atoms with E-state index in [1.165, 1.54) is 12.1 Å². The fourth-order valence-corrected chi connectivity index (χ4v) is 5.30. The van der Waals surface area contributed by atoms with Crippen LogP contribution in [0.25, 0.3) is 0 Å². The molecule has 3 aliphatic heterocycles. The lowest BCUT2D eigenvalue weighted by Gasteiger charge is -2.45. The van der Waals surface area contributed by atoms with Crippen LogP contribution >= 0.6 is 11.6 Å². The maximum Gasteiger partial charge on any atom is 0.496 e. The molecule has 2 saturated heterocycles. The third kappa shape index (κ3) is 3.04. The van der Waals surface area contributed by atoms with E-state index in [0.29, 0.717) is 25.0 Å². The third-order valence-corrected chi connectivity index (χ3v) is 7.79. The maximum absolute atomic E-state index is 15.1. The maximum atomic E-state index is 15.1. The summed E-state index contributed by atoms with van der Waals surface area (Å²) in [7, 11) is -0.777. The second kappa shape index (κ2) is 6.91. The van der Waals surface area contributed by atoms with Crippen molar-refractivity contribution in [2.75, 3.05) is 24.5 Å². The Morgan fingerprint density at radius 1 is 1.10 bits per heavy atom. The average molecular weight is 447 g/mol. The van der Waals surface area contributed by atoms with Gasteiger partial charge < -0.3 is 19.5 Å². The molecule has 3 heterocycles. The van der Waals surface area contributed by atoms with Crippen LogP contribution in [-0.4, -0.2) is 38.0 Å². The molecule has 0 saturated carbocycles. The van der Waals surface area contributed by atoms with E-state index in [4.69, 9.17) is 20.9 Å². The molecule has 4 nitrogen and oxygen atoms in total. The van der Waals surface area contributed by atoms with Crippen LogP contribution in [0.5, 0.6) is 0 Å². The van der Waals surface area contributed by atoms with Gasteiger partial charge in [0.2, 0.25) is 0 Å². The van der Waals surface area contributed by atoms with Crippen LogP contribution in [0.2, 0.25) is 5.02 Å². The van der Waals surface area contributed by atoms with Crippen molar-refractivity contribution >= 4 is 29.9 Å². The number of halogens is 3. The van der Waals surface area contributed by atoms with Gasteiger partial charge in [-0.2, -0.15) is 0 Å². The molecule has 3 aliphatic rings. The molecule has 2 aromatic rings. The summed E-state index contributed by atoms with van der Waals surface area (Å²) < 4.78 is 41.8. The minimum absolute atomic E-state index is 0.0273. The van der Waals surface area contributed by atoms with Crippen molar-refractivity contribution in [1.29, 1.82) is 0 Å². The van der Waals surface area contributed by atoms with Gasteiger partial charge in [-0.25, -0.2) is 8.78 Å². The normalized spacial score (nSPS) is 26.2. The summed E-state index contributed by atoms with van der Waals surface area (Å²) in [6.07, 6.45) is 0.554. The number of nitrogens with one attached hydrogen (secondary N) is 1. The molecule has 31 heavy (non-hydrogen) atoms. The van der Waals surface area contributed by atoms with Crippen molar-refractivity contribution in [2.45, 2.75) is 50.9 Å². The zero-order valence-corrected chi connectivity index (χ0v) is 18.9. The van der Waals surface area contributed by atoms with Gasteiger partial charge in [0.25, 0.3) is 0 Å². The Morgan fingerprint density at radius 2 is 1.81 bits per heavy atom. The van der Waals surface area contributed by atoms with Gasteiger partial charge in [-0.15, -0.1) is 0 Å². The first-order valence-corrected chi connectivity index (χ1v) is 11.0. The van der Waals surface area contributed by atoms with Gasteiger partial charge in [-0.3, -0.25) is 0 Å². The van der Waals surface area contributed by atoms with Crippen LogP contribution in [0.3, 0.4) is 0 Å². The first-order valence-electron chi connectivity index (χ1n) is 10.7. The summed E-state index contributed by atoms with van der Waals surface area (Å²) in [6.45, 7) is 9.89. The Labute approximate surface area is 187 Å². The highest BCUT2D eigenvalue weighted by molar-refractivity contribution is 6.66. The Hall–Kier alpha value is -1.67. The van der Waals surface area contributed by atoms with Crippen molar-refractivity contribution in [2.24, 2.45) is 0 Å². The van der Waals surface area contributed by atoms with E-state index in [1.54, 1.807) is 12.1 Å². The molecule has 0 spiro atoms. The van der Waals surface area contributed by atoms with Crippen molar-refractivity contribution in [3.05, 3.63) is 58.1 Å². The summed E-state index contributed by atoms with van der Waals surface area (Å²) in [4.78, 5) is 2.18. The lowest BCUT2D eigenvalue weighted by Crippen LogP contribution is -2.58. The first kappa shape index (κ1) is 21.2. The molecular formula is C23H26BClF2N2O2. The van der Waals surface area contributed by atoms with Crippen LogP contribution in [0.1, 0.15) is 38.8 Å². The second-order valence-corrected chi connectivity index (χ2v) is 10.1. The summed E-state index contributed by atoms with van der Waals surface area (Å²) >= 11 is 6.53. The van der Waals surface area contributed by atoms with Gasteiger partial charge in [-0.1, -0.05) is 23.7 Å². The molecule has 8 heteroatoms. The Balaban J connectivity index is 1.67. The number of fused-ring (bicyclic) bond motifs is 3. The van der Waals surface area contributed by atoms with Crippen molar-refractivity contribution in [3.8, 4) is 0 Å². The number of rotatable bonds is 2. The van der Waals surface area contributed by atoms with E-state index in [9.17, 15) is 4.39 Å². The zero-order chi connectivity index (χ0) is 22.2. The van der Waals surface area contributed by atoms with Crippen LogP contribution in [0, 0.1) is 11.6 Å². The van der Waals surface area contributed by atoms with E-state index >= 15 is 4.39 Å².